The molecule has 12 heavy (non-hydrogen) atoms. The van der Waals surface area contributed by atoms with E-state index in [9.17, 15) is 4.79 Å². The van der Waals surface area contributed by atoms with E-state index in [1.807, 2.05) is 0 Å². The number of nitrogens with zero attached hydrogens (tertiary/aromatic N) is 3. The van der Waals surface area contributed by atoms with Crippen molar-refractivity contribution in [2.75, 3.05) is 0 Å². The summed E-state index contributed by atoms with van der Waals surface area (Å²) in [6.45, 7) is 0. The van der Waals surface area contributed by atoms with E-state index in [4.69, 9.17) is 17.1 Å². The molecule has 0 aliphatic rings. The molecule has 0 unspecified atom stereocenters. The van der Waals surface area contributed by atoms with Gasteiger partial charge in [0.25, 0.3) is 0 Å². The summed E-state index contributed by atoms with van der Waals surface area (Å²) >= 11 is 5.58. The SMILES string of the molecule is [N-]=[N+]=NC(=O)c1ccc(Cl)cc1. The second kappa shape index (κ2) is 3.76. The number of halogens is 1. The van der Waals surface area contributed by atoms with Gasteiger partial charge in [-0.2, -0.15) is 0 Å². The molecular weight excluding hydrogens is 178 g/mol. The lowest BCUT2D eigenvalue weighted by Gasteiger charge is -1.92. The first-order valence-electron chi connectivity index (χ1n) is 3.09. The van der Waals surface area contributed by atoms with Crippen molar-refractivity contribution in [1.82, 2.24) is 0 Å². The van der Waals surface area contributed by atoms with E-state index < -0.39 is 5.91 Å². The second-order valence-corrected chi connectivity index (χ2v) is 2.44. The Morgan fingerprint density at radius 2 is 2.00 bits per heavy atom. The highest BCUT2D eigenvalue weighted by Gasteiger charge is 2.00. The molecule has 1 aromatic rings. The lowest BCUT2D eigenvalue weighted by Crippen LogP contribution is -1.91. The van der Waals surface area contributed by atoms with E-state index in [1.54, 1.807) is 12.1 Å². The highest BCUT2D eigenvalue weighted by molar-refractivity contribution is 6.30. The Morgan fingerprint density at radius 1 is 1.42 bits per heavy atom. The summed E-state index contributed by atoms with van der Waals surface area (Å²) in [6, 6.07) is 6.11. The maximum Gasteiger partial charge on any atom is 0.249 e. The number of amides is 1. The van der Waals surface area contributed by atoms with Crippen LogP contribution in [-0.4, -0.2) is 5.91 Å². The van der Waals surface area contributed by atoms with Crippen LogP contribution in [0, 0.1) is 0 Å². The van der Waals surface area contributed by atoms with Crippen LogP contribution in [0.5, 0.6) is 0 Å². The average Bonchev–Trinajstić information content (AvgIpc) is 2.06. The Kier molecular flexibility index (Phi) is 2.69. The highest BCUT2D eigenvalue weighted by atomic mass is 35.5. The molecule has 0 N–H and O–H groups in total. The molecule has 0 bridgehead atoms. The first-order chi connectivity index (χ1) is 5.74. The summed E-state index contributed by atoms with van der Waals surface area (Å²) < 4.78 is 0. The van der Waals surface area contributed by atoms with Crippen molar-refractivity contribution in [2.45, 2.75) is 0 Å². The van der Waals surface area contributed by atoms with Crippen LogP contribution in [0.4, 0.5) is 0 Å². The van der Waals surface area contributed by atoms with Gasteiger partial charge in [0, 0.05) is 15.5 Å². The molecule has 1 aromatic carbocycles. The summed E-state index contributed by atoms with van der Waals surface area (Å²) in [5, 5.41) is 3.46. The zero-order valence-electron chi connectivity index (χ0n) is 5.94. The third-order valence-electron chi connectivity index (χ3n) is 1.23. The van der Waals surface area contributed by atoms with E-state index >= 15 is 0 Å². The first-order valence-corrected chi connectivity index (χ1v) is 3.47. The Hall–Kier alpha value is -1.51. The second-order valence-electron chi connectivity index (χ2n) is 2.00. The summed E-state index contributed by atoms with van der Waals surface area (Å²) in [4.78, 5) is 13.3. The monoisotopic (exact) mass is 181 g/mol. The van der Waals surface area contributed by atoms with Crippen LogP contribution in [-0.2, 0) is 0 Å². The molecule has 60 valence electrons. The topological polar surface area (TPSA) is 65.8 Å². The summed E-state index contributed by atoms with van der Waals surface area (Å²) in [6.07, 6.45) is 0. The van der Waals surface area contributed by atoms with Crippen molar-refractivity contribution in [3.8, 4) is 0 Å². The summed E-state index contributed by atoms with van der Waals surface area (Å²) in [5.41, 5.74) is 8.29. The molecule has 0 aliphatic carbocycles. The fourth-order valence-electron chi connectivity index (χ4n) is 0.691. The van der Waals surface area contributed by atoms with Crippen molar-refractivity contribution in [2.24, 2.45) is 5.11 Å². The zero-order chi connectivity index (χ0) is 8.97. The summed E-state index contributed by atoms with van der Waals surface area (Å²) in [5.74, 6) is -0.603. The van der Waals surface area contributed by atoms with Gasteiger partial charge in [-0.3, -0.25) is 4.79 Å². The average molecular weight is 182 g/mol. The lowest BCUT2D eigenvalue weighted by atomic mass is 10.2. The van der Waals surface area contributed by atoms with Crippen molar-refractivity contribution < 1.29 is 4.79 Å². The Labute approximate surface area is 73.4 Å². The molecule has 0 heterocycles. The number of azide groups is 1. The molecule has 0 aromatic heterocycles. The number of hydrogen-bond donors (Lipinski definition) is 0. The molecule has 0 atom stereocenters. The fourth-order valence-corrected chi connectivity index (χ4v) is 0.817. The standard InChI is InChI=1S/C7H4ClN3O/c8-6-3-1-5(2-4-6)7(12)10-11-9/h1-4H. The molecule has 0 radical (unpaired) electrons. The quantitative estimate of drug-likeness (QED) is 0.373. The van der Waals surface area contributed by atoms with Crippen molar-refractivity contribution in [3.63, 3.8) is 0 Å². The van der Waals surface area contributed by atoms with Crippen LogP contribution in [0.25, 0.3) is 10.4 Å². The number of hydrogen-bond acceptors (Lipinski definition) is 1. The van der Waals surface area contributed by atoms with Gasteiger partial charge in [0.2, 0.25) is 5.91 Å². The van der Waals surface area contributed by atoms with Gasteiger partial charge >= 0.3 is 0 Å². The van der Waals surface area contributed by atoms with Gasteiger partial charge in [0.1, 0.15) is 0 Å². The molecule has 0 aliphatic heterocycles. The molecule has 0 saturated heterocycles. The molecule has 5 heteroatoms. The minimum atomic E-state index is -0.603. The van der Waals surface area contributed by atoms with E-state index in [-0.39, 0.29) is 0 Å². The predicted octanol–water partition coefficient (Wildman–Crippen LogP) is 2.79. The van der Waals surface area contributed by atoms with Gasteiger partial charge in [-0.25, -0.2) is 0 Å². The molecule has 0 saturated carbocycles. The Bertz CT molecular complexity index is 340. The maximum atomic E-state index is 10.9. The van der Waals surface area contributed by atoms with E-state index in [2.05, 4.69) is 10.0 Å². The Morgan fingerprint density at radius 3 is 2.50 bits per heavy atom. The maximum absolute atomic E-state index is 10.9. The van der Waals surface area contributed by atoms with Crippen LogP contribution in [0.1, 0.15) is 10.4 Å². The van der Waals surface area contributed by atoms with Gasteiger partial charge in [0.05, 0.1) is 0 Å². The molecule has 1 rings (SSSR count). The smallest absolute Gasteiger partial charge is 0.249 e. The van der Waals surface area contributed by atoms with Crippen molar-refractivity contribution in [1.29, 1.82) is 0 Å². The molecular formula is C7H4ClN3O. The minimum Gasteiger partial charge on any atom is -0.287 e. The molecule has 4 nitrogen and oxygen atoms in total. The highest BCUT2D eigenvalue weighted by Crippen LogP contribution is 2.10. The van der Waals surface area contributed by atoms with Crippen LogP contribution in [0.3, 0.4) is 0 Å². The normalized spacial score (nSPS) is 8.75. The Balaban J connectivity index is 2.97. The minimum absolute atomic E-state index is 0.331. The largest absolute Gasteiger partial charge is 0.287 e. The van der Waals surface area contributed by atoms with Gasteiger partial charge < -0.3 is 0 Å². The predicted molar refractivity (Wildman–Crippen MR) is 44.9 cm³/mol. The fraction of sp³-hybridized carbons (Fsp3) is 0. The van der Waals surface area contributed by atoms with Crippen LogP contribution in [0.15, 0.2) is 29.4 Å². The third-order valence-corrected chi connectivity index (χ3v) is 1.48. The third kappa shape index (κ3) is 1.99. The van der Waals surface area contributed by atoms with Crippen molar-refractivity contribution >= 4 is 17.5 Å². The van der Waals surface area contributed by atoms with Gasteiger partial charge in [-0.05, 0) is 34.9 Å². The van der Waals surface area contributed by atoms with E-state index in [0.717, 1.165) is 0 Å². The molecule has 1 amide bonds. The summed E-state index contributed by atoms with van der Waals surface area (Å²) in [7, 11) is 0. The van der Waals surface area contributed by atoms with E-state index in [0.29, 0.717) is 10.6 Å². The van der Waals surface area contributed by atoms with Gasteiger partial charge in [-0.15, -0.1) is 0 Å². The van der Waals surface area contributed by atoms with E-state index in [1.165, 1.54) is 12.1 Å². The molecule has 0 fully saturated rings. The zero-order valence-corrected chi connectivity index (χ0v) is 6.69. The number of carbonyl (C=O) groups excluding carboxylic acids is 1. The van der Waals surface area contributed by atoms with Gasteiger partial charge in [0.15, 0.2) is 0 Å². The number of benzene rings is 1. The van der Waals surface area contributed by atoms with Crippen molar-refractivity contribution in [3.05, 3.63) is 45.3 Å². The van der Waals surface area contributed by atoms with Gasteiger partial charge in [-0.1, -0.05) is 11.6 Å². The number of rotatable bonds is 1. The first kappa shape index (κ1) is 8.59. The lowest BCUT2D eigenvalue weighted by molar-refractivity contribution is 0.100. The molecule has 0 spiro atoms. The number of carbonyl (C=O) groups is 1. The van der Waals surface area contributed by atoms with Crippen LogP contribution < -0.4 is 0 Å². The van der Waals surface area contributed by atoms with Crippen LogP contribution in [0.2, 0.25) is 5.02 Å². The van der Waals surface area contributed by atoms with Crippen LogP contribution >= 0.6 is 11.6 Å².